The largest absolute Gasteiger partial charge is 0.495 e. The Morgan fingerprint density at radius 3 is 2.56 bits per heavy atom. The molecule has 2 N–H and O–H groups in total. The quantitative estimate of drug-likeness (QED) is 0.525. The number of rotatable bonds is 5. The van der Waals surface area contributed by atoms with Gasteiger partial charge >= 0.3 is 6.18 Å². The first-order valence-electron chi connectivity index (χ1n) is 9.92. The number of nitrogens with zero attached hydrogens (tertiary/aromatic N) is 3. The number of hydrogen-bond acceptors (Lipinski definition) is 6. The molecule has 1 atom stereocenters. The summed E-state index contributed by atoms with van der Waals surface area (Å²) in [7, 11) is 2.80. The molecule has 2 heterocycles. The van der Waals surface area contributed by atoms with Crippen LogP contribution in [0.4, 0.5) is 24.8 Å². The van der Waals surface area contributed by atoms with Crippen LogP contribution in [-0.2, 0) is 11.0 Å². The molecule has 1 unspecified atom stereocenters. The van der Waals surface area contributed by atoms with Crippen molar-refractivity contribution in [3.63, 3.8) is 0 Å². The van der Waals surface area contributed by atoms with Crippen LogP contribution in [0.15, 0.2) is 54.0 Å². The van der Waals surface area contributed by atoms with Gasteiger partial charge in [-0.05, 0) is 18.6 Å². The molecular weight excluding hydrogens is 475 g/mol. The highest BCUT2D eigenvalue weighted by Crippen LogP contribution is 2.42. The van der Waals surface area contributed by atoms with Crippen molar-refractivity contribution >= 4 is 29.1 Å². The summed E-state index contributed by atoms with van der Waals surface area (Å²) in [5.41, 5.74) is -0.465. The normalized spacial score (nSPS) is 15.4. The van der Waals surface area contributed by atoms with Gasteiger partial charge in [-0.25, -0.2) is 4.68 Å². The molecule has 12 heteroatoms. The van der Waals surface area contributed by atoms with Crippen molar-refractivity contribution in [1.82, 2.24) is 14.8 Å². The van der Waals surface area contributed by atoms with Gasteiger partial charge in [-0.15, -0.1) is 0 Å². The maximum Gasteiger partial charge on any atom is 0.416 e. The molecule has 34 heavy (non-hydrogen) atoms. The van der Waals surface area contributed by atoms with E-state index in [0.717, 1.165) is 6.07 Å². The minimum Gasteiger partial charge on any atom is -0.495 e. The Morgan fingerprint density at radius 2 is 1.88 bits per heavy atom. The second-order valence-corrected chi connectivity index (χ2v) is 7.73. The highest BCUT2D eigenvalue weighted by Gasteiger charge is 2.40. The summed E-state index contributed by atoms with van der Waals surface area (Å²) in [6, 6.07) is 6.77. The summed E-state index contributed by atoms with van der Waals surface area (Å²) in [6.07, 6.45) is -3.45. The van der Waals surface area contributed by atoms with Gasteiger partial charge in [0.25, 0.3) is 5.91 Å². The molecule has 178 valence electrons. The third kappa shape index (κ3) is 4.14. The lowest BCUT2D eigenvalue weighted by Crippen LogP contribution is -2.32. The van der Waals surface area contributed by atoms with E-state index in [0.29, 0.717) is 5.70 Å². The second kappa shape index (κ2) is 8.90. The Balaban J connectivity index is 1.83. The average molecular weight is 494 g/mol. The number of alkyl halides is 3. The summed E-state index contributed by atoms with van der Waals surface area (Å²) >= 11 is 6.13. The lowest BCUT2D eigenvalue weighted by Gasteiger charge is -2.30. The number of aromatic nitrogens is 3. The van der Waals surface area contributed by atoms with Gasteiger partial charge in [-0.1, -0.05) is 29.8 Å². The van der Waals surface area contributed by atoms with Gasteiger partial charge in [-0.3, -0.25) is 4.79 Å². The van der Waals surface area contributed by atoms with Crippen LogP contribution in [0.25, 0.3) is 0 Å². The van der Waals surface area contributed by atoms with E-state index in [1.807, 2.05) is 0 Å². The summed E-state index contributed by atoms with van der Waals surface area (Å²) in [4.78, 5) is 17.6. The number of allylic oxidation sites excluding steroid dienone is 1. The number of halogens is 4. The molecular formula is C22H19ClF3N5O3. The lowest BCUT2D eigenvalue weighted by molar-refractivity contribution is -0.138. The molecule has 0 aliphatic carbocycles. The van der Waals surface area contributed by atoms with Crippen molar-refractivity contribution in [2.75, 3.05) is 24.9 Å². The molecule has 1 amide bonds. The number of fused-ring (bicyclic) bond motifs is 1. The third-order valence-electron chi connectivity index (χ3n) is 5.32. The Kier molecular flexibility index (Phi) is 6.13. The number of amides is 1. The molecule has 8 nitrogen and oxygen atoms in total. The summed E-state index contributed by atoms with van der Waals surface area (Å²) in [5.74, 6) is 0.0650. The van der Waals surface area contributed by atoms with E-state index in [9.17, 15) is 18.0 Å². The standard InChI is InChI=1S/C22H19ClF3N5O3/c1-11-18(20(32)30-15-9-16(33-2)14(23)8-17(15)34-3)19(31-21(29-11)27-10-28-31)12-6-4-5-7-13(12)22(24,25)26/h4-10,19H,1-3H3,(H,30,32)(H,27,28,29). The van der Waals surface area contributed by atoms with E-state index in [4.69, 9.17) is 21.1 Å². The summed E-state index contributed by atoms with van der Waals surface area (Å²) in [6.45, 7) is 1.58. The molecule has 0 saturated carbocycles. The zero-order valence-electron chi connectivity index (χ0n) is 18.2. The van der Waals surface area contributed by atoms with E-state index >= 15 is 0 Å². The monoisotopic (exact) mass is 493 g/mol. The fourth-order valence-electron chi connectivity index (χ4n) is 3.81. The van der Waals surface area contributed by atoms with Crippen LogP contribution in [0.1, 0.15) is 24.1 Å². The summed E-state index contributed by atoms with van der Waals surface area (Å²) < 4.78 is 53.4. The van der Waals surface area contributed by atoms with Gasteiger partial charge in [0.2, 0.25) is 5.95 Å². The van der Waals surface area contributed by atoms with Gasteiger partial charge in [0, 0.05) is 17.8 Å². The smallest absolute Gasteiger partial charge is 0.416 e. The van der Waals surface area contributed by atoms with Gasteiger partial charge in [0.05, 0.1) is 36.1 Å². The van der Waals surface area contributed by atoms with Crippen LogP contribution in [0, 0.1) is 0 Å². The maximum atomic E-state index is 13.9. The molecule has 1 aliphatic heterocycles. The van der Waals surface area contributed by atoms with Crippen LogP contribution >= 0.6 is 11.6 Å². The fourth-order valence-corrected chi connectivity index (χ4v) is 4.04. The molecule has 2 aromatic carbocycles. The van der Waals surface area contributed by atoms with E-state index in [1.54, 1.807) is 6.92 Å². The number of nitrogens with one attached hydrogen (secondary N) is 2. The van der Waals surface area contributed by atoms with Crippen molar-refractivity contribution < 1.29 is 27.4 Å². The predicted molar refractivity (Wildman–Crippen MR) is 119 cm³/mol. The van der Waals surface area contributed by atoms with Gasteiger partial charge in [0.1, 0.15) is 23.9 Å². The fraction of sp³-hybridized carbons (Fsp3) is 0.227. The highest BCUT2D eigenvalue weighted by atomic mass is 35.5. The zero-order valence-corrected chi connectivity index (χ0v) is 19.0. The molecule has 3 aromatic rings. The number of benzene rings is 2. The van der Waals surface area contributed by atoms with Crippen molar-refractivity contribution in [3.05, 3.63) is 70.1 Å². The Hall–Kier alpha value is -3.73. The Bertz CT molecular complexity index is 1290. The van der Waals surface area contributed by atoms with E-state index in [2.05, 4.69) is 20.7 Å². The van der Waals surface area contributed by atoms with E-state index < -0.39 is 23.7 Å². The number of ether oxygens (including phenoxy) is 2. The third-order valence-corrected chi connectivity index (χ3v) is 5.62. The van der Waals surface area contributed by atoms with Gasteiger partial charge < -0.3 is 20.1 Å². The molecule has 0 bridgehead atoms. The number of carbonyl (C=O) groups is 1. The van der Waals surface area contributed by atoms with Gasteiger partial charge in [-0.2, -0.15) is 23.3 Å². The van der Waals surface area contributed by atoms with Crippen LogP contribution < -0.4 is 20.1 Å². The maximum absolute atomic E-state index is 13.9. The summed E-state index contributed by atoms with van der Waals surface area (Å²) in [5, 5.41) is 9.97. The number of carbonyl (C=O) groups excluding carboxylic acids is 1. The van der Waals surface area contributed by atoms with Crippen molar-refractivity contribution in [1.29, 1.82) is 0 Å². The molecule has 0 radical (unpaired) electrons. The zero-order chi connectivity index (χ0) is 24.6. The first-order valence-corrected chi connectivity index (χ1v) is 10.3. The van der Waals surface area contributed by atoms with Crippen molar-refractivity contribution in [2.45, 2.75) is 19.1 Å². The van der Waals surface area contributed by atoms with Crippen molar-refractivity contribution in [2.24, 2.45) is 0 Å². The lowest BCUT2D eigenvalue weighted by atomic mass is 9.91. The first kappa shape index (κ1) is 23.4. The molecule has 1 aromatic heterocycles. The molecule has 0 fully saturated rings. The topological polar surface area (TPSA) is 90.3 Å². The van der Waals surface area contributed by atoms with E-state index in [1.165, 1.54) is 55.6 Å². The highest BCUT2D eigenvalue weighted by molar-refractivity contribution is 6.32. The minimum absolute atomic E-state index is 0.0191. The SMILES string of the molecule is COc1cc(NC(=O)C2=C(C)Nc3ncnn3C2c2ccccc2C(F)(F)F)c(OC)cc1Cl. The minimum atomic E-state index is -4.65. The van der Waals surface area contributed by atoms with Crippen LogP contribution in [-0.4, -0.2) is 34.9 Å². The van der Waals surface area contributed by atoms with Crippen LogP contribution in [0.5, 0.6) is 11.5 Å². The van der Waals surface area contributed by atoms with Gasteiger partial charge in [0.15, 0.2) is 0 Å². The Labute approximate surface area is 197 Å². The van der Waals surface area contributed by atoms with Crippen molar-refractivity contribution in [3.8, 4) is 11.5 Å². The second-order valence-electron chi connectivity index (χ2n) is 7.32. The molecule has 0 saturated heterocycles. The Morgan fingerprint density at radius 1 is 1.18 bits per heavy atom. The van der Waals surface area contributed by atoms with Crippen LogP contribution in [0.3, 0.4) is 0 Å². The average Bonchev–Trinajstić information content (AvgIpc) is 3.26. The van der Waals surface area contributed by atoms with E-state index in [-0.39, 0.29) is 39.3 Å². The first-order chi connectivity index (χ1) is 16.2. The number of anilines is 2. The number of methoxy groups -OCH3 is 2. The van der Waals surface area contributed by atoms with Crippen LogP contribution in [0.2, 0.25) is 5.02 Å². The molecule has 4 rings (SSSR count). The predicted octanol–water partition coefficient (Wildman–Crippen LogP) is 4.90. The number of hydrogen-bond donors (Lipinski definition) is 2. The molecule has 0 spiro atoms. The molecule has 1 aliphatic rings.